The zero-order chi connectivity index (χ0) is 34.3. The molecule has 0 N–H and O–H groups in total. The van der Waals surface area contributed by atoms with Crippen molar-refractivity contribution < 1.29 is 37.9 Å². The summed E-state index contributed by atoms with van der Waals surface area (Å²) in [4.78, 5) is 0. The van der Waals surface area contributed by atoms with Crippen LogP contribution in [0.1, 0.15) is 62.1 Å². The van der Waals surface area contributed by atoms with E-state index < -0.39 is 5.60 Å². The van der Waals surface area contributed by atoms with Gasteiger partial charge in [0, 0.05) is 6.61 Å². The van der Waals surface area contributed by atoms with Crippen LogP contribution in [0, 0.1) is 0 Å². The molecule has 8 nitrogen and oxygen atoms in total. The Morgan fingerprint density at radius 3 is 0.959 bits per heavy atom. The van der Waals surface area contributed by atoms with Crippen molar-refractivity contribution in [1.29, 1.82) is 0 Å². The fourth-order valence-electron chi connectivity index (χ4n) is 5.43. The number of rotatable bonds is 32. The Hall–Kier alpha value is -2.66. The minimum atomic E-state index is -0.741. The highest BCUT2D eigenvalue weighted by Gasteiger charge is 2.37. The van der Waals surface area contributed by atoms with Gasteiger partial charge in [0.2, 0.25) is 0 Å². The highest BCUT2D eigenvalue weighted by atomic mass is 16.6. The third-order valence-corrected chi connectivity index (χ3v) is 7.96. The molecule has 0 aliphatic heterocycles. The molecule has 0 heterocycles. The fraction of sp³-hybridized carbons (Fsp3) is 0.561. The average molecular weight is 681 g/mol. The molecule has 49 heavy (non-hydrogen) atoms. The maximum atomic E-state index is 6.73. The molecule has 0 saturated heterocycles. The SMILES string of the molecule is CCCCCCCCOCCOCCOCCOCCOCCOCCOCCOC(c1ccccc1)(c1ccccc1)c1ccccc1. The monoisotopic (exact) mass is 680 g/mol. The summed E-state index contributed by atoms with van der Waals surface area (Å²) in [5.41, 5.74) is 2.48. The van der Waals surface area contributed by atoms with E-state index in [1.165, 1.54) is 32.1 Å². The van der Waals surface area contributed by atoms with Crippen LogP contribution < -0.4 is 0 Å². The quantitative estimate of drug-likeness (QED) is 0.0497. The molecule has 0 atom stereocenters. The first kappa shape index (κ1) is 40.8. The van der Waals surface area contributed by atoms with Gasteiger partial charge in [-0.3, -0.25) is 0 Å². The summed E-state index contributed by atoms with van der Waals surface area (Å²) in [6, 6.07) is 31.1. The first-order valence-electron chi connectivity index (χ1n) is 18.2. The van der Waals surface area contributed by atoms with Gasteiger partial charge in [0.15, 0.2) is 0 Å². The first-order valence-corrected chi connectivity index (χ1v) is 18.2. The molecule has 3 rings (SSSR count). The average Bonchev–Trinajstić information content (AvgIpc) is 3.15. The van der Waals surface area contributed by atoms with Crippen LogP contribution in [-0.4, -0.2) is 99.1 Å². The molecule has 0 aromatic heterocycles. The number of hydrogen-bond donors (Lipinski definition) is 0. The predicted molar refractivity (Wildman–Crippen MR) is 194 cm³/mol. The highest BCUT2D eigenvalue weighted by Crippen LogP contribution is 2.40. The second-order valence-electron chi connectivity index (χ2n) is 11.7. The van der Waals surface area contributed by atoms with Gasteiger partial charge in [-0.2, -0.15) is 0 Å². The summed E-state index contributed by atoms with van der Waals surface area (Å²) >= 11 is 0. The topological polar surface area (TPSA) is 73.8 Å². The van der Waals surface area contributed by atoms with Crippen molar-refractivity contribution in [2.75, 3.05) is 99.1 Å². The Kier molecular flexibility index (Phi) is 23.4. The van der Waals surface area contributed by atoms with Crippen LogP contribution in [0.25, 0.3) is 0 Å². The Morgan fingerprint density at radius 2 is 0.612 bits per heavy atom. The lowest BCUT2D eigenvalue weighted by atomic mass is 9.80. The van der Waals surface area contributed by atoms with E-state index in [0.29, 0.717) is 92.5 Å². The number of benzene rings is 3. The maximum absolute atomic E-state index is 6.73. The summed E-state index contributed by atoms with van der Waals surface area (Å²) in [6.07, 6.45) is 7.68. The van der Waals surface area contributed by atoms with E-state index in [1.54, 1.807) is 0 Å². The summed E-state index contributed by atoms with van der Waals surface area (Å²) in [5, 5.41) is 0. The number of ether oxygens (including phenoxy) is 8. The van der Waals surface area contributed by atoms with Gasteiger partial charge in [-0.1, -0.05) is 130 Å². The molecule has 0 saturated carbocycles. The lowest BCUT2D eigenvalue weighted by Gasteiger charge is -2.36. The molecule has 0 fully saturated rings. The summed E-state index contributed by atoms with van der Waals surface area (Å²) < 4.78 is 46.1. The lowest BCUT2D eigenvalue weighted by Crippen LogP contribution is -2.34. The number of unbranched alkanes of at least 4 members (excludes halogenated alkanes) is 5. The normalized spacial score (nSPS) is 11.7. The van der Waals surface area contributed by atoms with E-state index in [4.69, 9.17) is 37.9 Å². The van der Waals surface area contributed by atoms with Crippen LogP contribution in [0.15, 0.2) is 91.0 Å². The van der Waals surface area contributed by atoms with Gasteiger partial charge in [0.1, 0.15) is 5.60 Å². The molecule has 3 aromatic rings. The molecule has 0 aliphatic rings. The lowest BCUT2D eigenvalue weighted by molar-refractivity contribution is -0.0397. The third-order valence-electron chi connectivity index (χ3n) is 7.96. The van der Waals surface area contributed by atoms with Gasteiger partial charge in [-0.05, 0) is 23.1 Å². The van der Waals surface area contributed by atoms with Gasteiger partial charge in [0.25, 0.3) is 0 Å². The van der Waals surface area contributed by atoms with Gasteiger partial charge in [-0.25, -0.2) is 0 Å². The molecule has 0 unspecified atom stereocenters. The maximum Gasteiger partial charge on any atom is 0.143 e. The largest absolute Gasteiger partial charge is 0.379 e. The molecule has 0 radical (unpaired) electrons. The van der Waals surface area contributed by atoms with Crippen LogP contribution in [-0.2, 0) is 43.5 Å². The third kappa shape index (κ3) is 17.2. The van der Waals surface area contributed by atoms with Gasteiger partial charge < -0.3 is 37.9 Å². The predicted octanol–water partition coefficient (Wildman–Crippen LogP) is 7.47. The molecule has 0 aliphatic carbocycles. The van der Waals surface area contributed by atoms with E-state index >= 15 is 0 Å². The van der Waals surface area contributed by atoms with Crippen molar-refractivity contribution in [3.8, 4) is 0 Å². The minimum Gasteiger partial charge on any atom is -0.379 e. The number of hydrogen-bond acceptors (Lipinski definition) is 8. The van der Waals surface area contributed by atoms with Gasteiger partial charge in [-0.15, -0.1) is 0 Å². The molecule has 272 valence electrons. The second kappa shape index (κ2) is 28.1. The standard InChI is InChI=1S/C41H60O8/c1-2-3-4-5-6-16-23-42-24-25-43-26-27-44-28-29-45-30-31-46-32-33-47-34-35-48-36-37-49-41(38-17-10-7-11-18-38,39-19-12-8-13-20-39)40-21-14-9-15-22-40/h7-15,17-22H,2-6,16,23-37H2,1H3. The molecule has 0 spiro atoms. The van der Waals surface area contributed by atoms with E-state index in [-0.39, 0.29) is 0 Å². The van der Waals surface area contributed by atoms with Crippen molar-refractivity contribution in [2.24, 2.45) is 0 Å². The first-order chi connectivity index (χ1) is 24.4. The Morgan fingerprint density at radius 1 is 0.327 bits per heavy atom. The minimum absolute atomic E-state index is 0.426. The van der Waals surface area contributed by atoms with E-state index in [2.05, 4.69) is 43.3 Å². The van der Waals surface area contributed by atoms with Crippen LogP contribution >= 0.6 is 0 Å². The van der Waals surface area contributed by atoms with Crippen molar-refractivity contribution >= 4 is 0 Å². The van der Waals surface area contributed by atoms with Crippen molar-refractivity contribution in [3.63, 3.8) is 0 Å². The molecule has 0 amide bonds. The smallest absolute Gasteiger partial charge is 0.143 e. The van der Waals surface area contributed by atoms with Crippen molar-refractivity contribution in [3.05, 3.63) is 108 Å². The molecular weight excluding hydrogens is 620 g/mol. The van der Waals surface area contributed by atoms with Crippen LogP contribution in [0.3, 0.4) is 0 Å². The zero-order valence-electron chi connectivity index (χ0n) is 29.8. The van der Waals surface area contributed by atoms with E-state index in [1.807, 2.05) is 54.6 Å². The second-order valence-corrected chi connectivity index (χ2v) is 11.7. The van der Waals surface area contributed by atoms with Crippen molar-refractivity contribution in [2.45, 2.75) is 51.0 Å². The van der Waals surface area contributed by atoms with Crippen LogP contribution in [0.5, 0.6) is 0 Å². The fourth-order valence-corrected chi connectivity index (χ4v) is 5.43. The zero-order valence-corrected chi connectivity index (χ0v) is 29.8. The molecule has 8 heteroatoms. The summed E-state index contributed by atoms with van der Waals surface area (Å²) in [6.45, 7) is 10.4. The highest BCUT2D eigenvalue weighted by molar-refractivity contribution is 5.47. The Balaban J connectivity index is 1.13. The molecule has 3 aromatic carbocycles. The molecule has 0 bridgehead atoms. The van der Waals surface area contributed by atoms with Crippen molar-refractivity contribution in [1.82, 2.24) is 0 Å². The van der Waals surface area contributed by atoms with Crippen LogP contribution in [0.2, 0.25) is 0 Å². The Bertz CT molecular complexity index is 1040. The summed E-state index contributed by atoms with van der Waals surface area (Å²) in [7, 11) is 0. The van der Waals surface area contributed by atoms with Gasteiger partial charge >= 0.3 is 0 Å². The van der Waals surface area contributed by atoms with E-state index in [9.17, 15) is 0 Å². The summed E-state index contributed by atoms with van der Waals surface area (Å²) in [5.74, 6) is 0. The van der Waals surface area contributed by atoms with Crippen LogP contribution in [0.4, 0.5) is 0 Å². The van der Waals surface area contributed by atoms with Gasteiger partial charge in [0.05, 0.1) is 92.5 Å². The Labute approximate surface area is 295 Å². The van der Waals surface area contributed by atoms with E-state index in [0.717, 1.165) is 29.7 Å². The molecular formula is C41H60O8.